The van der Waals surface area contributed by atoms with E-state index in [2.05, 4.69) is 40.1 Å². The summed E-state index contributed by atoms with van der Waals surface area (Å²) in [5.74, 6) is 2.44. The molecule has 1 N–H and O–H groups in total. The van der Waals surface area contributed by atoms with E-state index < -0.39 is 0 Å². The van der Waals surface area contributed by atoms with Gasteiger partial charge in [-0.15, -0.1) is 0 Å². The third kappa shape index (κ3) is 2.02. The van der Waals surface area contributed by atoms with Crippen LogP contribution in [0.2, 0.25) is 0 Å². The van der Waals surface area contributed by atoms with Crippen LogP contribution >= 0.6 is 0 Å². The van der Waals surface area contributed by atoms with E-state index in [0.717, 1.165) is 11.8 Å². The molecule has 0 spiro atoms. The van der Waals surface area contributed by atoms with E-state index >= 15 is 0 Å². The summed E-state index contributed by atoms with van der Waals surface area (Å²) in [5, 5.41) is 0. The van der Waals surface area contributed by atoms with Crippen molar-refractivity contribution in [2.75, 3.05) is 0 Å². The summed E-state index contributed by atoms with van der Waals surface area (Å²) in [6, 6.07) is 0.568. The molecule has 16 heavy (non-hydrogen) atoms. The minimum Gasteiger partial charge on any atom is -0.298 e. The maximum absolute atomic E-state index is 5.54. The molecule has 0 radical (unpaired) electrons. The molecule has 0 aromatic rings. The normalized spacial score (nSPS) is 47.6. The lowest BCUT2D eigenvalue weighted by Gasteiger charge is -2.23. The van der Waals surface area contributed by atoms with Gasteiger partial charge in [0.15, 0.2) is 0 Å². The molecule has 2 aliphatic rings. The van der Waals surface area contributed by atoms with Crippen LogP contribution < -0.4 is 5.48 Å². The van der Waals surface area contributed by atoms with Gasteiger partial charge in [-0.3, -0.25) is 4.84 Å². The Labute approximate surface area is 100 Å². The zero-order valence-corrected chi connectivity index (χ0v) is 11.4. The van der Waals surface area contributed by atoms with Crippen molar-refractivity contribution in [1.82, 2.24) is 5.48 Å². The fraction of sp³-hybridized carbons (Fsp3) is 1.00. The summed E-state index contributed by atoms with van der Waals surface area (Å²) in [4.78, 5) is 5.54. The highest BCUT2D eigenvalue weighted by molar-refractivity contribution is 5.05. The first-order chi connectivity index (χ1) is 7.50. The smallest absolute Gasteiger partial charge is 0.0803 e. The Bertz CT molecular complexity index is 253. The fourth-order valence-corrected chi connectivity index (χ4v) is 3.51. The van der Waals surface area contributed by atoms with E-state index in [9.17, 15) is 0 Å². The molecule has 1 saturated heterocycles. The number of nitrogens with one attached hydrogen (secondary N) is 1. The first-order valence-corrected chi connectivity index (χ1v) is 6.91. The Hall–Kier alpha value is -0.0800. The number of hydrogen-bond acceptors (Lipinski definition) is 2. The second-order valence-electron chi connectivity index (χ2n) is 6.38. The van der Waals surface area contributed by atoms with E-state index in [1.807, 2.05) is 0 Å². The molecule has 0 aromatic carbocycles. The third-order valence-electron chi connectivity index (χ3n) is 5.17. The van der Waals surface area contributed by atoms with Crippen LogP contribution in [0.25, 0.3) is 0 Å². The van der Waals surface area contributed by atoms with Crippen LogP contribution in [0, 0.1) is 23.2 Å². The number of hydrogen-bond donors (Lipinski definition) is 1. The molecule has 2 nitrogen and oxygen atoms in total. The molecule has 5 unspecified atom stereocenters. The van der Waals surface area contributed by atoms with Crippen LogP contribution in [0.3, 0.4) is 0 Å². The Kier molecular flexibility index (Phi) is 3.33. The number of hydroxylamine groups is 1. The predicted octanol–water partition coefficient (Wildman–Crippen LogP) is 3.38. The largest absolute Gasteiger partial charge is 0.298 e. The minimum atomic E-state index is 0.371. The van der Waals surface area contributed by atoms with Gasteiger partial charge in [0.2, 0.25) is 0 Å². The molecule has 1 heterocycles. The highest BCUT2D eigenvalue weighted by Crippen LogP contribution is 2.62. The molecule has 0 amide bonds. The van der Waals surface area contributed by atoms with E-state index in [0.29, 0.717) is 23.5 Å². The van der Waals surface area contributed by atoms with Crippen molar-refractivity contribution < 1.29 is 4.84 Å². The van der Waals surface area contributed by atoms with Gasteiger partial charge in [-0.2, -0.15) is 5.48 Å². The van der Waals surface area contributed by atoms with Gasteiger partial charge in [0.1, 0.15) is 0 Å². The molecular weight excluding hydrogens is 198 g/mol. The Morgan fingerprint density at radius 2 is 2.06 bits per heavy atom. The standard InChI is InChI=1S/C14H27NO/c1-6-14(7-12(14)9(2)3)8-13-10(4)11(5)16-15-13/h9-13,15H,6-8H2,1-5H3. The highest BCUT2D eigenvalue weighted by atomic mass is 16.7. The van der Waals surface area contributed by atoms with Crippen molar-refractivity contribution >= 4 is 0 Å². The van der Waals surface area contributed by atoms with Gasteiger partial charge < -0.3 is 0 Å². The molecule has 2 rings (SSSR count). The first-order valence-electron chi connectivity index (χ1n) is 6.91. The van der Waals surface area contributed by atoms with Gasteiger partial charge >= 0.3 is 0 Å². The minimum absolute atomic E-state index is 0.371. The molecule has 2 heteroatoms. The van der Waals surface area contributed by atoms with Crippen LogP contribution in [0.15, 0.2) is 0 Å². The number of rotatable bonds is 4. The Morgan fingerprint density at radius 3 is 2.44 bits per heavy atom. The molecular formula is C14H27NO. The van der Waals surface area contributed by atoms with Gasteiger partial charge in [-0.05, 0) is 37.0 Å². The van der Waals surface area contributed by atoms with Gasteiger partial charge in [-0.1, -0.05) is 34.1 Å². The highest BCUT2D eigenvalue weighted by Gasteiger charge is 2.55. The average molecular weight is 225 g/mol. The van der Waals surface area contributed by atoms with Gasteiger partial charge in [0.05, 0.1) is 6.10 Å². The van der Waals surface area contributed by atoms with Crippen molar-refractivity contribution in [3.8, 4) is 0 Å². The molecule has 0 aromatic heterocycles. The average Bonchev–Trinajstić information content (AvgIpc) is 2.90. The predicted molar refractivity (Wildman–Crippen MR) is 66.9 cm³/mol. The molecule has 1 aliphatic heterocycles. The van der Waals surface area contributed by atoms with Crippen LogP contribution in [-0.2, 0) is 4.84 Å². The first kappa shape index (κ1) is 12.4. The molecule has 2 fully saturated rings. The lowest BCUT2D eigenvalue weighted by Crippen LogP contribution is -2.30. The zero-order valence-electron chi connectivity index (χ0n) is 11.4. The van der Waals surface area contributed by atoms with Crippen molar-refractivity contribution in [2.24, 2.45) is 23.2 Å². The summed E-state index contributed by atoms with van der Waals surface area (Å²) in [6.07, 6.45) is 4.43. The van der Waals surface area contributed by atoms with Crippen molar-refractivity contribution in [3.63, 3.8) is 0 Å². The van der Waals surface area contributed by atoms with E-state index in [1.165, 1.54) is 19.3 Å². The van der Waals surface area contributed by atoms with Crippen LogP contribution in [0.5, 0.6) is 0 Å². The summed E-state index contributed by atoms with van der Waals surface area (Å²) >= 11 is 0. The summed E-state index contributed by atoms with van der Waals surface area (Å²) in [6.45, 7) is 11.6. The second kappa shape index (κ2) is 4.30. The summed E-state index contributed by atoms with van der Waals surface area (Å²) in [7, 11) is 0. The molecule has 0 bridgehead atoms. The molecule has 5 atom stereocenters. The summed E-state index contributed by atoms with van der Waals surface area (Å²) < 4.78 is 0. The lowest BCUT2D eigenvalue weighted by molar-refractivity contribution is 0.0284. The second-order valence-corrected chi connectivity index (χ2v) is 6.38. The Morgan fingerprint density at radius 1 is 1.38 bits per heavy atom. The molecule has 1 saturated carbocycles. The van der Waals surface area contributed by atoms with E-state index in [-0.39, 0.29) is 0 Å². The topological polar surface area (TPSA) is 21.3 Å². The van der Waals surface area contributed by atoms with Crippen LogP contribution in [0.4, 0.5) is 0 Å². The summed E-state index contributed by atoms with van der Waals surface area (Å²) in [5.41, 5.74) is 3.86. The molecule has 1 aliphatic carbocycles. The van der Waals surface area contributed by atoms with Gasteiger partial charge in [0.25, 0.3) is 0 Å². The SMILES string of the molecule is CCC1(CC2NOC(C)C2C)CC1C(C)C. The fourth-order valence-electron chi connectivity index (χ4n) is 3.51. The maximum atomic E-state index is 5.54. The van der Waals surface area contributed by atoms with Crippen LogP contribution in [0.1, 0.15) is 53.9 Å². The zero-order chi connectivity index (χ0) is 11.9. The van der Waals surface area contributed by atoms with Gasteiger partial charge in [-0.25, -0.2) is 0 Å². The lowest BCUT2D eigenvalue weighted by atomic mass is 9.83. The van der Waals surface area contributed by atoms with Crippen LogP contribution in [-0.4, -0.2) is 12.1 Å². The van der Waals surface area contributed by atoms with Crippen molar-refractivity contribution in [3.05, 3.63) is 0 Å². The maximum Gasteiger partial charge on any atom is 0.0803 e. The monoisotopic (exact) mass is 225 g/mol. The van der Waals surface area contributed by atoms with Crippen molar-refractivity contribution in [1.29, 1.82) is 0 Å². The Balaban J connectivity index is 1.94. The van der Waals surface area contributed by atoms with Crippen molar-refractivity contribution in [2.45, 2.75) is 66.0 Å². The van der Waals surface area contributed by atoms with E-state index in [4.69, 9.17) is 4.84 Å². The van der Waals surface area contributed by atoms with E-state index in [1.54, 1.807) is 0 Å². The quantitative estimate of drug-likeness (QED) is 0.792. The third-order valence-corrected chi connectivity index (χ3v) is 5.17. The molecule has 94 valence electrons. The van der Waals surface area contributed by atoms with Gasteiger partial charge in [0, 0.05) is 12.0 Å².